The SMILES string of the molecule is CN1CCN(c2ccc(Nc3ncc4cc(N)c(=O)n(C56CC(C5)C6)c4n3)cc2)CC1. The van der Waals surface area contributed by atoms with Crippen LogP contribution in [0.2, 0.25) is 0 Å². The predicted molar refractivity (Wildman–Crippen MR) is 123 cm³/mol. The van der Waals surface area contributed by atoms with Crippen molar-refractivity contribution < 1.29 is 0 Å². The molecule has 3 aromatic rings. The number of benzene rings is 1. The fraction of sp³-hybridized carbons (Fsp3) is 0.435. The molecule has 160 valence electrons. The molecule has 4 fully saturated rings. The number of fused-ring (bicyclic) bond motifs is 1. The summed E-state index contributed by atoms with van der Waals surface area (Å²) in [5.41, 5.74) is 8.87. The lowest BCUT2D eigenvalue weighted by atomic mass is 9.49. The van der Waals surface area contributed by atoms with Crippen LogP contribution in [0.25, 0.3) is 11.0 Å². The standard InChI is InChI=1S/C23H27N7O/c1-28-6-8-29(9-7-28)18-4-2-17(3-5-18)26-22-25-14-16-10-19(24)21(31)30(20(16)27-22)23-11-15(12-23)13-23/h2-5,10,14-15H,6-9,11-13,24H2,1H3,(H,25,26,27). The lowest BCUT2D eigenvalue weighted by molar-refractivity contribution is -0.0882. The van der Waals surface area contributed by atoms with E-state index in [-0.39, 0.29) is 16.8 Å². The number of likely N-dealkylation sites (N-methyl/N-ethyl adjacent to an activating group) is 1. The molecule has 1 aromatic carbocycles. The fourth-order valence-corrected chi connectivity index (χ4v) is 5.27. The molecule has 0 unspecified atom stereocenters. The van der Waals surface area contributed by atoms with Gasteiger partial charge in [0.05, 0.1) is 11.2 Å². The zero-order valence-corrected chi connectivity index (χ0v) is 17.7. The largest absolute Gasteiger partial charge is 0.394 e. The molecule has 1 saturated heterocycles. The number of hydrogen-bond acceptors (Lipinski definition) is 7. The molecule has 31 heavy (non-hydrogen) atoms. The maximum Gasteiger partial charge on any atom is 0.275 e. The average Bonchev–Trinajstić information content (AvgIpc) is 2.71. The van der Waals surface area contributed by atoms with Crippen molar-refractivity contribution in [3.8, 4) is 0 Å². The topological polar surface area (TPSA) is 92.3 Å². The van der Waals surface area contributed by atoms with Crippen LogP contribution in [0.5, 0.6) is 0 Å². The van der Waals surface area contributed by atoms with E-state index >= 15 is 0 Å². The molecule has 3 heterocycles. The van der Waals surface area contributed by atoms with Crippen LogP contribution in [0.4, 0.5) is 23.0 Å². The average molecular weight is 418 g/mol. The molecule has 0 atom stereocenters. The molecule has 4 aliphatic rings. The lowest BCUT2D eigenvalue weighted by Gasteiger charge is -2.62. The van der Waals surface area contributed by atoms with E-state index in [1.165, 1.54) is 5.69 Å². The highest BCUT2D eigenvalue weighted by Gasteiger charge is 2.59. The van der Waals surface area contributed by atoms with Crippen LogP contribution in [0.15, 0.2) is 41.3 Å². The van der Waals surface area contributed by atoms with Crippen molar-refractivity contribution in [2.24, 2.45) is 5.92 Å². The summed E-state index contributed by atoms with van der Waals surface area (Å²) in [6, 6.07) is 10.1. The van der Waals surface area contributed by atoms with E-state index in [2.05, 4.69) is 51.4 Å². The van der Waals surface area contributed by atoms with Gasteiger partial charge in [-0.05, 0) is 62.6 Å². The molecule has 0 amide bonds. The first-order valence-electron chi connectivity index (χ1n) is 11.0. The summed E-state index contributed by atoms with van der Waals surface area (Å²) < 4.78 is 1.83. The Balaban J connectivity index is 1.29. The number of rotatable bonds is 4. The Kier molecular flexibility index (Phi) is 4.02. The second-order valence-electron chi connectivity index (χ2n) is 9.38. The van der Waals surface area contributed by atoms with E-state index < -0.39 is 0 Å². The minimum Gasteiger partial charge on any atom is -0.394 e. The van der Waals surface area contributed by atoms with Gasteiger partial charge in [-0.1, -0.05) is 0 Å². The Morgan fingerprint density at radius 1 is 1.10 bits per heavy atom. The molecule has 3 saturated carbocycles. The minimum absolute atomic E-state index is 0.0921. The summed E-state index contributed by atoms with van der Waals surface area (Å²) in [6.07, 6.45) is 4.89. The van der Waals surface area contributed by atoms with Crippen LogP contribution >= 0.6 is 0 Å². The van der Waals surface area contributed by atoms with Crippen molar-refractivity contribution in [3.05, 3.63) is 46.9 Å². The lowest BCUT2D eigenvalue weighted by Crippen LogP contribution is -2.62. The number of piperazine rings is 1. The van der Waals surface area contributed by atoms with Gasteiger partial charge in [-0.2, -0.15) is 4.98 Å². The van der Waals surface area contributed by atoms with E-state index in [1.807, 2.05) is 4.57 Å². The predicted octanol–water partition coefficient (Wildman–Crippen LogP) is 2.38. The van der Waals surface area contributed by atoms with Gasteiger partial charge in [0, 0.05) is 49.1 Å². The van der Waals surface area contributed by atoms with Gasteiger partial charge in [0.2, 0.25) is 5.95 Å². The molecular formula is C23H27N7O. The third-order valence-electron chi connectivity index (χ3n) is 7.24. The number of nitrogens with zero attached hydrogens (tertiary/aromatic N) is 5. The molecule has 2 bridgehead atoms. The Labute approximate surface area is 180 Å². The van der Waals surface area contributed by atoms with Crippen LogP contribution < -0.4 is 21.5 Å². The zero-order chi connectivity index (χ0) is 21.2. The zero-order valence-electron chi connectivity index (χ0n) is 17.7. The normalized spacial score (nSPS) is 25.2. The van der Waals surface area contributed by atoms with Gasteiger partial charge in [0.15, 0.2) is 0 Å². The van der Waals surface area contributed by atoms with Crippen molar-refractivity contribution in [2.75, 3.05) is 49.2 Å². The monoisotopic (exact) mass is 417 g/mol. The Bertz CT molecular complexity index is 1190. The van der Waals surface area contributed by atoms with E-state index in [1.54, 1.807) is 12.3 Å². The van der Waals surface area contributed by atoms with Crippen LogP contribution in [-0.2, 0) is 5.54 Å². The number of anilines is 4. The summed E-state index contributed by atoms with van der Waals surface area (Å²) in [5, 5.41) is 4.10. The van der Waals surface area contributed by atoms with Gasteiger partial charge in [0.1, 0.15) is 5.65 Å². The first-order valence-corrected chi connectivity index (χ1v) is 11.0. The second-order valence-corrected chi connectivity index (χ2v) is 9.38. The minimum atomic E-state index is -0.133. The van der Waals surface area contributed by atoms with Gasteiger partial charge >= 0.3 is 0 Å². The summed E-state index contributed by atoms with van der Waals surface area (Å²) >= 11 is 0. The molecule has 8 heteroatoms. The van der Waals surface area contributed by atoms with Crippen molar-refractivity contribution in [1.29, 1.82) is 0 Å². The van der Waals surface area contributed by atoms with Gasteiger partial charge in [-0.15, -0.1) is 0 Å². The number of nitrogens with one attached hydrogen (secondary N) is 1. The summed E-state index contributed by atoms with van der Waals surface area (Å²) in [7, 11) is 2.16. The highest BCUT2D eigenvalue weighted by Crippen LogP contribution is 2.62. The molecule has 0 spiro atoms. The molecule has 0 radical (unpaired) electrons. The maximum absolute atomic E-state index is 12.9. The smallest absolute Gasteiger partial charge is 0.275 e. The number of nitrogen functional groups attached to an aromatic ring is 1. The Hall–Kier alpha value is -3.13. The quantitative estimate of drug-likeness (QED) is 0.673. The number of pyridine rings is 1. The van der Waals surface area contributed by atoms with Gasteiger partial charge < -0.3 is 20.9 Å². The molecule has 8 nitrogen and oxygen atoms in total. The molecule has 7 rings (SSSR count). The first kappa shape index (κ1) is 18.6. The van der Waals surface area contributed by atoms with E-state index in [0.29, 0.717) is 11.6 Å². The highest BCUT2D eigenvalue weighted by atomic mass is 16.1. The van der Waals surface area contributed by atoms with Gasteiger partial charge in [-0.25, -0.2) is 4.98 Å². The first-order chi connectivity index (χ1) is 15.0. The van der Waals surface area contributed by atoms with Gasteiger partial charge in [-0.3, -0.25) is 9.36 Å². The molecule has 2 aromatic heterocycles. The molecular weight excluding hydrogens is 390 g/mol. The molecule has 1 aliphatic heterocycles. The number of aromatic nitrogens is 3. The summed E-state index contributed by atoms with van der Waals surface area (Å²) in [5.74, 6) is 1.24. The van der Waals surface area contributed by atoms with Crippen molar-refractivity contribution in [2.45, 2.75) is 24.8 Å². The number of hydrogen-bond donors (Lipinski definition) is 2. The molecule has 3 N–H and O–H groups in total. The van der Waals surface area contributed by atoms with E-state index in [9.17, 15) is 4.79 Å². The summed E-state index contributed by atoms with van der Waals surface area (Å²) in [4.78, 5) is 26.8. The van der Waals surface area contributed by atoms with Crippen LogP contribution in [0.1, 0.15) is 19.3 Å². The highest BCUT2D eigenvalue weighted by molar-refractivity contribution is 5.79. The van der Waals surface area contributed by atoms with Crippen molar-refractivity contribution in [1.82, 2.24) is 19.4 Å². The Morgan fingerprint density at radius 2 is 1.81 bits per heavy atom. The Morgan fingerprint density at radius 3 is 2.45 bits per heavy atom. The van der Waals surface area contributed by atoms with E-state index in [4.69, 9.17) is 10.7 Å². The summed E-state index contributed by atoms with van der Waals surface area (Å²) in [6.45, 7) is 4.25. The second kappa shape index (κ2) is 6.68. The van der Waals surface area contributed by atoms with Crippen LogP contribution in [0.3, 0.4) is 0 Å². The third kappa shape index (κ3) is 2.96. The molecule has 3 aliphatic carbocycles. The van der Waals surface area contributed by atoms with Crippen LogP contribution in [0, 0.1) is 5.92 Å². The van der Waals surface area contributed by atoms with Gasteiger partial charge in [0.25, 0.3) is 5.56 Å². The number of nitrogens with two attached hydrogens (primary N) is 1. The fourth-order valence-electron chi connectivity index (χ4n) is 5.27. The van der Waals surface area contributed by atoms with Crippen molar-refractivity contribution in [3.63, 3.8) is 0 Å². The third-order valence-corrected chi connectivity index (χ3v) is 7.24. The maximum atomic E-state index is 12.9. The van der Waals surface area contributed by atoms with Crippen molar-refractivity contribution >= 4 is 34.0 Å². The van der Waals surface area contributed by atoms with Crippen LogP contribution in [-0.4, -0.2) is 52.7 Å². The van der Waals surface area contributed by atoms with E-state index in [0.717, 1.165) is 62.4 Å².